The highest BCUT2D eigenvalue weighted by Crippen LogP contribution is 2.07. The molecular formula is C7H11N3O2S. The van der Waals surface area contributed by atoms with Gasteiger partial charge in [-0.25, -0.2) is 8.42 Å². The van der Waals surface area contributed by atoms with Gasteiger partial charge in [0, 0.05) is 12.0 Å². The Morgan fingerprint density at radius 3 is 3.00 bits per heavy atom. The first-order valence-corrected chi connectivity index (χ1v) is 5.83. The van der Waals surface area contributed by atoms with E-state index in [4.69, 9.17) is 0 Å². The van der Waals surface area contributed by atoms with E-state index in [9.17, 15) is 8.42 Å². The van der Waals surface area contributed by atoms with Crippen LogP contribution in [0.5, 0.6) is 0 Å². The van der Waals surface area contributed by atoms with Crippen molar-refractivity contribution in [3.8, 4) is 0 Å². The van der Waals surface area contributed by atoms with E-state index in [0.717, 1.165) is 13.1 Å². The van der Waals surface area contributed by atoms with E-state index in [1.54, 1.807) is 6.08 Å². The summed E-state index contributed by atoms with van der Waals surface area (Å²) in [6, 6.07) is -0.130. The van der Waals surface area contributed by atoms with Crippen LogP contribution < -0.4 is 10.6 Å². The second-order valence-electron chi connectivity index (χ2n) is 3.07. The standard InChI is InChI=1S/C7H11N3O2S/c11-13(12)4-1-6(5-13)10-7-8-2-3-9-7/h1,4,6H,2-3,5H2,(H2,8,9,10). The summed E-state index contributed by atoms with van der Waals surface area (Å²) >= 11 is 0. The Bertz CT molecular complexity index is 358. The molecule has 0 saturated heterocycles. The van der Waals surface area contributed by atoms with Crippen LogP contribution in [0.3, 0.4) is 0 Å². The molecule has 0 radical (unpaired) electrons. The van der Waals surface area contributed by atoms with Gasteiger partial charge < -0.3 is 10.6 Å². The second kappa shape index (κ2) is 3.02. The zero-order valence-electron chi connectivity index (χ0n) is 7.03. The van der Waals surface area contributed by atoms with Gasteiger partial charge in [0.25, 0.3) is 0 Å². The fourth-order valence-electron chi connectivity index (χ4n) is 1.34. The molecule has 2 aliphatic rings. The highest BCUT2D eigenvalue weighted by Gasteiger charge is 2.22. The lowest BCUT2D eigenvalue weighted by molar-refractivity contribution is 0.602. The highest BCUT2D eigenvalue weighted by atomic mass is 32.2. The van der Waals surface area contributed by atoms with Gasteiger partial charge in [0.05, 0.1) is 18.3 Å². The topological polar surface area (TPSA) is 70.6 Å². The van der Waals surface area contributed by atoms with Gasteiger partial charge in [0.1, 0.15) is 0 Å². The van der Waals surface area contributed by atoms with Crippen molar-refractivity contribution < 1.29 is 8.42 Å². The van der Waals surface area contributed by atoms with Crippen LogP contribution in [-0.4, -0.2) is 39.3 Å². The molecule has 2 N–H and O–H groups in total. The fraction of sp³-hybridized carbons (Fsp3) is 0.571. The summed E-state index contributed by atoms with van der Waals surface area (Å²) in [6.45, 7) is 1.58. The van der Waals surface area contributed by atoms with Crippen molar-refractivity contribution in [2.24, 2.45) is 4.99 Å². The number of hydrogen-bond donors (Lipinski definition) is 2. The first-order valence-electron chi connectivity index (χ1n) is 4.11. The lowest BCUT2D eigenvalue weighted by Gasteiger charge is -2.10. The molecule has 5 nitrogen and oxygen atoms in total. The number of nitrogens with one attached hydrogen (secondary N) is 2. The molecule has 0 fully saturated rings. The minimum absolute atomic E-state index is 0.130. The molecule has 1 unspecified atom stereocenters. The molecule has 2 heterocycles. The Morgan fingerprint density at radius 2 is 2.46 bits per heavy atom. The number of hydrogen-bond acceptors (Lipinski definition) is 5. The monoisotopic (exact) mass is 201 g/mol. The predicted octanol–water partition coefficient (Wildman–Crippen LogP) is -1.15. The summed E-state index contributed by atoms with van der Waals surface area (Å²) in [4.78, 5) is 4.11. The molecule has 0 aromatic rings. The van der Waals surface area contributed by atoms with Gasteiger partial charge in [-0.2, -0.15) is 0 Å². The molecule has 0 aliphatic carbocycles. The van der Waals surface area contributed by atoms with Gasteiger partial charge in [0.2, 0.25) is 0 Å². The first-order chi connectivity index (χ1) is 6.16. The Hall–Kier alpha value is -1.04. The Morgan fingerprint density at radius 1 is 1.62 bits per heavy atom. The molecule has 0 bridgehead atoms. The van der Waals surface area contributed by atoms with Crippen LogP contribution in [-0.2, 0) is 9.84 Å². The van der Waals surface area contributed by atoms with E-state index in [1.165, 1.54) is 5.41 Å². The molecule has 72 valence electrons. The minimum atomic E-state index is -2.96. The Balaban J connectivity index is 1.95. The molecule has 0 aromatic carbocycles. The Labute approximate surface area is 76.8 Å². The maximum absolute atomic E-state index is 11.0. The van der Waals surface area contributed by atoms with Crippen molar-refractivity contribution in [1.82, 2.24) is 10.6 Å². The molecule has 2 rings (SSSR count). The van der Waals surface area contributed by atoms with E-state index < -0.39 is 9.84 Å². The molecule has 0 amide bonds. The van der Waals surface area contributed by atoms with Gasteiger partial charge in [0.15, 0.2) is 15.8 Å². The summed E-state index contributed by atoms with van der Waals surface area (Å²) in [5.41, 5.74) is 0. The smallest absolute Gasteiger partial charge is 0.191 e. The van der Waals surface area contributed by atoms with E-state index in [2.05, 4.69) is 15.6 Å². The van der Waals surface area contributed by atoms with Crippen molar-refractivity contribution in [2.75, 3.05) is 18.8 Å². The lowest BCUT2D eigenvalue weighted by Crippen LogP contribution is -2.41. The molecule has 13 heavy (non-hydrogen) atoms. The van der Waals surface area contributed by atoms with Crippen LogP contribution in [0.15, 0.2) is 16.5 Å². The molecule has 6 heteroatoms. The zero-order chi connectivity index (χ0) is 9.31. The van der Waals surface area contributed by atoms with Crippen molar-refractivity contribution in [2.45, 2.75) is 6.04 Å². The van der Waals surface area contributed by atoms with E-state index >= 15 is 0 Å². The van der Waals surface area contributed by atoms with Gasteiger partial charge in [-0.15, -0.1) is 0 Å². The number of aliphatic imine (C=N–C) groups is 1. The summed E-state index contributed by atoms with van der Waals surface area (Å²) in [7, 11) is -2.96. The first kappa shape index (κ1) is 8.55. The summed E-state index contributed by atoms with van der Waals surface area (Å²) in [5, 5.41) is 7.28. The number of nitrogens with zero attached hydrogens (tertiary/aromatic N) is 1. The predicted molar refractivity (Wildman–Crippen MR) is 50.2 cm³/mol. The van der Waals surface area contributed by atoms with Crippen LogP contribution in [0.25, 0.3) is 0 Å². The fourth-order valence-corrected chi connectivity index (χ4v) is 2.57. The van der Waals surface area contributed by atoms with Crippen LogP contribution in [0.4, 0.5) is 0 Å². The summed E-state index contributed by atoms with van der Waals surface area (Å²) < 4.78 is 22.1. The SMILES string of the molecule is O=S1(=O)C=CC(NC2=NCCN2)C1. The largest absolute Gasteiger partial charge is 0.355 e. The second-order valence-corrected chi connectivity index (χ2v) is 5.00. The van der Waals surface area contributed by atoms with Crippen molar-refractivity contribution in [3.05, 3.63) is 11.5 Å². The number of rotatable bonds is 1. The molecule has 0 saturated carbocycles. The lowest BCUT2D eigenvalue weighted by atomic mass is 10.3. The third kappa shape index (κ3) is 2.00. The molecule has 0 spiro atoms. The van der Waals surface area contributed by atoms with E-state index in [0.29, 0.717) is 5.96 Å². The third-order valence-corrected chi connectivity index (χ3v) is 3.32. The van der Waals surface area contributed by atoms with Crippen LogP contribution in [0.1, 0.15) is 0 Å². The van der Waals surface area contributed by atoms with E-state index in [-0.39, 0.29) is 11.8 Å². The summed E-state index contributed by atoms with van der Waals surface area (Å²) in [5.74, 6) is 0.833. The van der Waals surface area contributed by atoms with Crippen molar-refractivity contribution in [3.63, 3.8) is 0 Å². The van der Waals surface area contributed by atoms with Gasteiger partial charge >= 0.3 is 0 Å². The highest BCUT2D eigenvalue weighted by molar-refractivity contribution is 7.94. The normalized spacial score (nSPS) is 29.8. The molecule has 0 aromatic heterocycles. The van der Waals surface area contributed by atoms with E-state index in [1.807, 2.05) is 0 Å². The molecule has 2 aliphatic heterocycles. The Kier molecular flexibility index (Phi) is 1.99. The quantitative estimate of drug-likeness (QED) is 0.562. The van der Waals surface area contributed by atoms with Crippen molar-refractivity contribution >= 4 is 15.8 Å². The molecular weight excluding hydrogens is 190 g/mol. The average Bonchev–Trinajstić information content (AvgIpc) is 2.61. The van der Waals surface area contributed by atoms with Gasteiger partial charge in [-0.1, -0.05) is 0 Å². The summed E-state index contributed by atoms with van der Waals surface area (Å²) in [6.07, 6.45) is 1.65. The van der Waals surface area contributed by atoms with Gasteiger partial charge in [-0.3, -0.25) is 4.99 Å². The third-order valence-electron chi connectivity index (χ3n) is 1.93. The zero-order valence-corrected chi connectivity index (χ0v) is 7.84. The maximum Gasteiger partial charge on any atom is 0.191 e. The van der Waals surface area contributed by atoms with Crippen LogP contribution in [0, 0.1) is 0 Å². The molecule has 1 atom stereocenters. The van der Waals surface area contributed by atoms with Crippen molar-refractivity contribution in [1.29, 1.82) is 0 Å². The number of guanidine groups is 1. The van der Waals surface area contributed by atoms with Crippen LogP contribution in [0.2, 0.25) is 0 Å². The average molecular weight is 201 g/mol. The maximum atomic E-state index is 11.0. The van der Waals surface area contributed by atoms with Gasteiger partial charge in [-0.05, 0) is 6.08 Å². The van der Waals surface area contributed by atoms with Crippen LogP contribution >= 0.6 is 0 Å². The minimum Gasteiger partial charge on any atom is -0.355 e. The number of sulfone groups is 1.